The highest BCUT2D eigenvalue weighted by molar-refractivity contribution is 7.89. The Labute approximate surface area is 127 Å². The second kappa shape index (κ2) is 7.04. The molecule has 0 saturated heterocycles. The molecule has 1 aliphatic heterocycles. The summed E-state index contributed by atoms with van der Waals surface area (Å²) in [6.07, 6.45) is 2.27. The summed E-state index contributed by atoms with van der Waals surface area (Å²) in [6, 6.07) is 4.90. The summed E-state index contributed by atoms with van der Waals surface area (Å²) >= 11 is 0. The molecule has 0 aromatic heterocycles. The number of hydrogen-bond donors (Lipinski definition) is 0. The first-order valence-electron chi connectivity index (χ1n) is 7.07. The number of fused-ring (bicyclic) bond motifs is 1. The van der Waals surface area contributed by atoms with Gasteiger partial charge in [0.1, 0.15) is 0 Å². The predicted octanol–water partition coefficient (Wildman–Crippen LogP) is 2.26. The highest BCUT2D eigenvalue weighted by atomic mass is 32.2. The van der Waals surface area contributed by atoms with Crippen molar-refractivity contribution in [3.8, 4) is 0 Å². The number of sulfonamides is 1. The lowest BCUT2D eigenvalue weighted by Crippen LogP contribution is -2.31. The molecule has 0 fully saturated rings. The second-order valence-corrected chi connectivity index (χ2v) is 7.39. The maximum atomic E-state index is 12.0. The average Bonchev–Trinajstić information content (AvgIpc) is 2.43. The molecule has 0 bridgehead atoms. The van der Waals surface area contributed by atoms with Crippen LogP contribution < -0.4 is 4.90 Å². The molecule has 118 valence electrons. The van der Waals surface area contributed by atoms with Gasteiger partial charge in [-0.2, -0.15) is 0 Å². The van der Waals surface area contributed by atoms with E-state index in [0.717, 1.165) is 11.3 Å². The highest BCUT2D eigenvalue weighted by Gasteiger charge is 2.24. The van der Waals surface area contributed by atoms with E-state index < -0.39 is 10.0 Å². The summed E-state index contributed by atoms with van der Waals surface area (Å²) in [5, 5.41) is 0. The van der Waals surface area contributed by atoms with Gasteiger partial charge in [-0.1, -0.05) is 20.3 Å². The summed E-state index contributed by atoms with van der Waals surface area (Å²) < 4.78 is 25.2. The summed E-state index contributed by atoms with van der Waals surface area (Å²) in [5.41, 5.74) is 1.70. The molecule has 21 heavy (non-hydrogen) atoms. The van der Waals surface area contributed by atoms with Crippen molar-refractivity contribution >= 4 is 21.6 Å². The standard InChI is InChI=1S/C12H16N2O3S.C3H8/c1-13(2)18(16,17)10-5-6-11-9(8-10)4-7-12(15)14(11)3;1-3-2/h5-6,8H,4,7H2,1-3H3;3H2,1-2H3. The van der Waals surface area contributed by atoms with Gasteiger partial charge in [-0.05, 0) is 30.2 Å². The van der Waals surface area contributed by atoms with Gasteiger partial charge >= 0.3 is 0 Å². The minimum absolute atomic E-state index is 0.0608. The zero-order valence-electron chi connectivity index (χ0n) is 13.4. The molecule has 0 saturated carbocycles. The molecule has 0 unspecified atom stereocenters. The summed E-state index contributed by atoms with van der Waals surface area (Å²) in [6.45, 7) is 4.25. The Bertz CT molecular complexity index is 609. The fourth-order valence-electron chi connectivity index (χ4n) is 2.00. The Morgan fingerprint density at radius 1 is 1.19 bits per heavy atom. The number of hydrogen-bond acceptors (Lipinski definition) is 3. The van der Waals surface area contributed by atoms with Crippen molar-refractivity contribution in [1.29, 1.82) is 0 Å². The Kier molecular flexibility index (Phi) is 5.92. The zero-order valence-corrected chi connectivity index (χ0v) is 14.2. The maximum absolute atomic E-state index is 12.0. The van der Waals surface area contributed by atoms with E-state index in [0.29, 0.717) is 12.8 Å². The summed E-state index contributed by atoms with van der Waals surface area (Å²) in [4.78, 5) is 13.4. The minimum Gasteiger partial charge on any atom is -0.315 e. The first kappa shape index (κ1) is 17.7. The molecule has 0 atom stereocenters. The number of benzene rings is 1. The smallest absolute Gasteiger partial charge is 0.242 e. The SMILES string of the molecule is CCC.CN1C(=O)CCc2cc(S(=O)(=O)N(C)C)ccc21. The van der Waals surface area contributed by atoms with E-state index >= 15 is 0 Å². The van der Waals surface area contributed by atoms with E-state index in [1.807, 2.05) is 0 Å². The molecule has 1 aromatic rings. The van der Waals surface area contributed by atoms with Crippen molar-refractivity contribution in [2.75, 3.05) is 26.0 Å². The van der Waals surface area contributed by atoms with E-state index in [4.69, 9.17) is 0 Å². The number of rotatable bonds is 2. The van der Waals surface area contributed by atoms with Crippen LogP contribution >= 0.6 is 0 Å². The third kappa shape index (κ3) is 3.83. The fourth-order valence-corrected chi connectivity index (χ4v) is 2.96. The largest absolute Gasteiger partial charge is 0.315 e. The number of nitrogens with zero attached hydrogens (tertiary/aromatic N) is 2. The van der Waals surface area contributed by atoms with Gasteiger partial charge in [0.15, 0.2) is 0 Å². The van der Waals surface area contributed by atoms with Crippen LogP contribution in [0.25, 0.3) is 0 Å². The van der Waals surface area contributed by atoms with Crippen LogP contribution in [-0.4, -0.2) is 39.8 Å². The Morgan fingerprint density at radius 2 is 1.76 bits per heavy atom. The number of aryl methyl sites for hydroxylation is 1. The number of carbonyl (C=O) groups is 1. The molecule has 1 aliphatic rings. The van der Waals surface area contributed by atoms with E-state index in [-0.39, 0.29) is 10.8 Å². The summed E-state index contributed by atoms with van der Waals surface area (Å²) in [5.74, 6) is 0.0608. The predicted molar refractivity (Wildman–Crippen MR) is 85.0 cm³/mol. The first-order valence-corrected chi connectivity index (χ1v) is 8.51. The average molecular weight is 312 g/mol. The molecule has 0 radical (unpaired) electrons. The van der Waals surface area contributed by atoms with Crippen molar-refractivity contribution in [1.82, 2.24) is 4.31 Å². The highest BCUT2D eigenvalue weighted by Crippen LogP contribution is 2.29. The molecule has 6 heteroatoms. The second-order valence-electron chi connectivity index (χ2n) is 5.24. The number of amides is 1. The lowest BCUT2D eigenvalue weighted by atomic mass is 10.0. The van der Waals surface area contributed by atoms with Gasteiger partial charge in [0.25, 0.3) is 0 Å². The van der Waals surface area contributed by atoms with Gasteiger partial charge in [-0.3, -0.25) is 4.79 Å². The van der Waals surface area contributed by atoms with Crippen molar-refractivity contribution in [2.45, 2.75) is 38.0 Å². The van der Waals surface area contributed by atoms with Crippen molar-refractivity contribution < 1.29 is 13.2 Å². The van der Waals surface area contributed by atoms with Crippen LogP contribution in [0.15, 0.2) is 23.1 Å². The third-order valence-corrected chi connectivity index (χ3v) is 4.98. The lowest BCUT2D eigenvalue weighted by molar-refractivity contribution is -0.118. The molecule has 5 nitrogen and oxygen atoms in total. The van der Waals surface area contributed by atoms with Crippen molar-refractivity contribution in [3.63, 3.8) is 0 Å². The topological polar surface area (TPSA) is 57.7 Å². The maximum Gasteiger partial charge on any atom is 0.242 e. The van der Waals surface area contributed by atoms with Gasteiger partial charge in [0, 0.05) is 33.3 Å². The molecule has 1 amide bonds. The van der Waals surface area contributed by atoms with E-state index in [1.54, 1.807) is 30.1 Å². The number of carbonyl (C=O) groups excluding carboxylic acids is 1. The molecule has 2 rings (SSSR count). The van der Waals surface area contributed by atoms with Crippen LogP contribution in [0, 0.1) is 0 Å². The van der Waals surface area contributed by atoms with Crippen LogP contribution in [-0.2, 0) is 21.2 Å². The zero-order chi connectivity index (χ0) is 16.2. The van der Waals surface area contributed by atoms with Gasteiger partial charge in [0.05, 0.1) is 4.90 Å². The van der Waals surface area contributed by atoms with E-state index in [9.17, 15) is 13.2 Å². The molecule has 0 spiro atoms. The minimum atomic E-state index is -3.41. The van der Waals surface area contributed by atoms with Crippen LogP contribution in [0.4, 0.5) is 5.69 Å². The lowest BCUT2D eigenvalue weighted by Gasteiger charge is -2.26. The monoisotopic (exact) mass is 312 g/mol. The molecule has 1 aromatic carbocycles. The van der Waals surface area contributed by atoms with Crippen LogP contribution in [0.2, 0.25) is 0 Å². The molecule has 1 heterocycles. The Hall–Kier alpha value is -1.40. The van der Waals surface area contributed by atoms with E-state index in [2.05, 4.69) is 13.8 Å². The normalized spacial score (nSPS) is 14.6. The molecule has 0 aliphatic carbocycles. The Balaban J connectivity index is 0.000000677. The van der Waals surface area contributed by atoms with Gasteiger partial charge in [0.2, 0.25) is 15.9 Å². The first-order chi connectivity index (χ1) is 9.75. The number of anilines is 1. The summed E-state index contributed by atoms with van der Waals surface area (Å²) in [7, 11) is 1.31. The van der Waals surface area contributed by atoms with Crippen LogP contribution in [0.1, 0.15) is 32.3 Å². The molecular weight excluding hydrogens is 288 g/mol. The van der Waals surface area contributed by atoms with Crippen LogP contribution in [0.3, 0.4) is 0 Å². The molecular formula is C15H24N2O3S. The van der Waals surface area contributed by atoms with Gasteiger partial charge in [-0.25, -0.2) is 12.7 Å². The fraction of sp³-hybridized carbons (Fsp3) is 0.533. The quantitative estimate of drug-likeness (QED) is 0.841. The van der Waals surface area contributed by atoms with Crippen molar-refractivity contribution in [2.24, 2.45) is 0 Å². The van der Waals surface area contributed by atoms with Crippen LogP contribution in [0.5, 0.6) is 0 Å². The molecule has 0 N–H and O–H groups in total. The van der Waals surface area contributed by atoms with Gasteiger partial charge in [-0.15, -0.1) is 0 Å². The van der Waals surface area contributed by atoms with Gasteiger partial charge < -0.3 is 4.90 Å². The third-order valence-electron chi connectivity index (χ3n) is 3.17. The Morgan fingerprint density at radius 3 is 2.29 bits per heavy atom. The van der Waals surface area contributed by atoms with Crippen molar-refractivity contribution in [3.05, 3.63) is 23.8 Å². The van der Waals surface area contributed by atoms with E-state index in [1.165, 1.54) is 24.8 Å².